The molecule has 2 unspecified atom stereocenters. The summed E-state index contributed by atoms with van der Waals surface area (Å²) in [4.78, 5) is 46.3. The third kappa shape index (κ3) is 5.88. The lowest BCUT2D eigenvalue weighted by Gasteiger charge is -2.29. The molecule has 4 N–H and O–H groups in total. The largest absolute Gasteiger partial charge is 0.465 e. The van der Waals surface area contributed by atoms with Gasteiger partial charge in [0, 0.05) is 12.5 Å². The molecule has 1 heterocycles. The molecule has 0 bridgehead atoms. The van der Waals surface area contributed by atoms with Crippen LogP contribution in [0.4, 0.5) is 4.79 Å². The molecule has 1 saturated heterocycles. The molecule has 0 aromatic rings. The van der Waals surface area contributed by atoms with Gasteiger partial charge in [0.25, 0.3) is 0 Å². The molecule has 1 rings (SSSR count). The van der Waals surface area contributed by atoms with Gasteiger partial charge < -0.3 is 25.9 Å². The van der Waals surface area contributed by atoms with Gasteiger partial charge >= 0.3 is 6.09 Å². The van der Waals surface area contributed by atoms with E-state index in [4.69, 9.17) is 5.11 Å². The van der Waals surface area contributed by atoms with Crippen LogP contribution < -0.4 is 16.0 Å². The minimum Gasteiger partial charge on any atom is -0.465 e. The van der Waals surface area contributed by atoms with Gasteiger partial charge in [0.1, 0.15) is 12.3 Å². The van der Waals surface area contributed by atoms with Crippen molar-refractivity contribution in [3.63, 3.8) is 0 Å². The zero-order valence-corrected chi connectivity index (χ0v) is 13.7. The number of carbonyl (C=O) groups excluding carboxylic acids is 3. The Kier molecular flexibility index (Phi) is 6.53. The molecule has 0 spiro atoms. The van der Waals surface area contributed by atoms with E-state index in [-0.39, 0.29) is 24.2 Å². The Morgan fingerprint density at radius 2 is 2.13 bits per heavy atom. The van der Waals surface area contributed by atoms with Crippen molar-refractivity contribution in [2.24, 2.45) is 11.8 Å². The van der Waals surface area contributed by atoms with Gasteiger partial charge in [-0.05, 0) is 32.1 Å². The van der Waals surface area contributed by atoms with E-state index in [0.717, 1.165) is 0 Å². The molecular formula is C15H25N3O5. The summed E-state index contributed by atoms with van der Waals surface area (Å²) in [5, 5.41) is 16.3. The average Bonchev–Trinajstić information content (AvgIpc) is 2.82. The summed E-state index contributed by atoms with van der Waals surface area (Å²) in [6.45, 7) is 5.83. The third-order valence-electron chi connectivity index (χ3n) is 3.82. The van der Waals surface area contributed by atoms with Crippen LogP contribution in [0.1, 0.15) is 40.0 Å². The summed E-state index contributed by atoms with van der Waals surface area (Å²) in [6.07, 6.45) is 0.422. The molecule has 3 amide bonds. The second kappa shape index (κ2) is 7.94. The maximum absolute atomic E-state index is 12.3. The van der Waals surface area contributed by atoms with E-state index in [9.17, 15) is 19.2 Å². The van der Waals surface area contributed by atoms with Gasteiger partial charge in [0.05, 0.1) is 5.54 Å². The monoisotopic (exact) mass is 327 g/mol. The Morgan fingerprint density at radius 3 is 2.57 bits per heavy atom. The maximum atomic E-state index is 12.3. The Morgan fingerprint density at radius 1 is 1.48 bits per heavy atom. The zero-order valence-electron chi connectivity index (χ0n) is 13.7. The van der Waals surface area contributed by atoms with Crippen LogP contribution in [0.5, 0.6) is 0 Å². The van der Waals surface area contributed by atoms with E-state index in [1.54, 1.807) is 0 Å². The van der Waals surface area contributed by atoms with Crippen molar-refractivity contribution < 1.29 is 24.3 Å². The molecule has 3 atom stereocenters. The lowest BCUT2D eigenvalue weighted by Crippen LogP contribution is -2.56. The third-order valence-corrected chi connectivity index (χ3v) is 3.82. The molecular weight excluding hydrogens is 302 g/mol. The fraction of sp³-hybridized carbons (Fsp3) is 0.733. The second-order valence-electron chi connectivity index (χ2n) is 6.64. The van der Waals surface area contributed by atoms with Crippen LogP contribution >= 0.6 is 0 Å². The number of rotatable bonds is 8. The van der Waals surface area contributed by atoms with Crippen LogP contribution in [0.2, 0.25) is 0 Å². The van der Waals surface area contributed by atoms with E-state index < -0.39 is 23.6 Å². The standard InChI is InChI=1S/C15H25N3O5/c1-9(2)6-11(17-14(22)23)13(21)18-15(3,8-19)7-10-4-5-16-12(10)20/h8-11,17H,4-7H2,1-3H3,(H,16,20)(H,18,21)(H,22,23)/t10?,11-,15?/m0/s1. The van der Waals surface area contributed by atoms with Gasteiger partial charge in [-0.1, -0.05) is 13.8 Å². The van der Waals surface area contributed by atoms with Crippen molar-refractivity contribution in [2.45, 2.75) is 51.6 Å². The number of nitrogens with one attached hydrogen (secondary N) is 3. The van der Waals surface area contributed by atoms with Gasteiger partial charge in [0.2, 0.25) is 11.8 Å². The summed E-state index contributed by atoms with van der Waals surface area (Å²) < 4.78 is 0. The Hall–Kier alpha value is -2.12. The van der Waals surface area contributed by atoms with Crippen LogP contribution in [0.3, 0.4) is 0 Å². The molecule has 0 aromatic heterocycles. The summed E-state index contributed by atoms with van der Waals surface area (Å²) in [5.41, 5.74) is -1.21. The molecule has 0 saturated carbocycles. The van der Waals surface area contributed by atoms with Crippen LogP contribution in [-0.4, -0.2) is 47.4 Å². The van der Waals surface area contributed by atoms with Gasteiger partial charge in [-0.3, -0.25) is 9.59 Å². The fourth-order valence-electron chi connectivity index (χ4n) is 2.70. The Labute approximate surface area is 135 Å². The predicted molar refractivity (Wildman–Crippen MR) is 82.7 cm³/mol. The second-order valence-corrected chi connectivity index (χ2v) is 6.64. The summed E-state index contributed by atoms with van der Waals surface area (Å²) in [7, 11) is 0. The lowest BCUT2D eigenvalue weighted by atomic mass is 9.88. The summed E-state index contributed by atoms with van der Waals surface area (Å²) >= 11 is 0. The van der Waals surface area contributed by atoms with E-state index in [0.29, 0.717) is 25.7 Å². The molecule has 1 aliphatic rings. The minimum absolute atomic E-state index is 0.0979. The zero-order chi connectivity index (χ0) is 17.6. The molecule has 0 radical (unpaired) electrons. The average molecular weight is 327 g/mol. The van der Waals surface area contributed by atoms with Crippen molar-refractivity contribution >= 4 is 24.2 Å². The first-order chi connectivity index (χ1) is 10.7. The summed E-state index contributed by atoms with van der Waals surface area (Å²) in [6, 6.07) is -0.941. The van der Waals surface area contributed by atoms with Gasteiger partial charge in [0.15, 0.2) is 0 Å². The number of carboxylic acid groups (broad SMARTS) is 1. The first-order valence-corrected chi connectivity index (χ1v) is 7.72. The van der Waals surface area contributed by atoms with Crippen molar-refractivity contribution in [3.8, 4) is 0 Å². The topological polar surface area (TPSA) is 125 Å². The van der Waals surface area contributed by atoms with Crippen molar-refractivity contribution in [2.75, 3.05) is 6.54 Å². The smallest absolute Gasteiger partial charge is 0.405 e. The SMILES string of the molecule is CC(C)C[C@H](NC(=O)O)C(=O)NC(C)(C=O)CC1CCNC1=O. The normalized spacial score (nSPS) is 21.2. The lowest BCUT2D eigenvalue weighted by molar-refractivity contribution is -0.130. The number of hydrogen-bond acceptors (Lipinski definition) is 4. The highest BCUT2D eigenvalue weighted by Gasteiger charge is 2.36. The first kappa shape index (κ1) is 18.9. The van der Waals surface area contributed by atoms with Crippen molar-refractivity contribution in [1.29, 1.82) is 0 Å². The van der Waals surface area contributed by atoms with E-state index in [1.807, 2.05) is 13.8 Å². The first-order valence-electron chi connectivity index (χ1n) is 7.72. The molecule has 8 nitrogen and oxygen atoms in total. The molecule has 0 aromatic carbocycles. The van der Waals surface area contributed by atoms with E-state index in [2.05, 4.69) is 16.0 Å². The van der Waals surface area contributed by atoms with Crippen LogP contribution in [-0.2, 0) is 14.4 Å². The quantitative estimate of drug-likeness (QED) is 0.476. The highest BCUT2D eigenvalue weighted by Crippen LogP contribution is 2.22. The molecule has 1 aliphatic heterocycles. The number of aldehydes is 1. The summed E-state index contributed by atoms with van der Waals surface area (Å²) in [5.74, 6) is -0.925. The number of hydrogen-bond donors (Lipinski definition) is 4. The highest BCUT2D eigenvalue weighted by molar-refractivity contribution is 5.89. The van der Waals surface area contributed by atoms with E-state index >= 15 is 0 Å². The van der Waals surface area contributed by atoms with Crippen LogP contribution in [0.15, 0.2) is 0 Å². The van der Waals surface area contributed by atoms with Gasteiger partial charge in [-0.15, -0.1) is 0 Å². The predicted octanol–water partition coefficient (Wildman–Crippen LogP) is 0.269. The van der Waals surface area contributed by atoms with Crippen LogP contribution in [0, 0.1) is 11.8 Å². The molecule has 23 heavy (non-hydrogen) atoms. The maximum Gasteiger partial charge on any atom is 0.405 e. The fourth-order valence-corrected chi connectivity index (χ4v) is 2.70. The van der Waals surface area contributed by atoms with Crippen molar-refractivity contribution in [1.82, 2.24) is 16.0 Å². The number of amides is 3. The molecule has 130 valence electrons. The van der Waals surface area contributed by atoms with E-state index in [1.165, 1.54) is 6.92 Å². The molecule has 1 fully saturated rings. The molecule has 8 heteroatoms. The van der Waals surface area contributed by atoms with Crippen LogP contribution in [0.25, 0.3) is 0 Å². The van der Waals surface area contributed by atoms with Crippen molar-refractivity contribution in [3.05, 3.63) is 0 Å². The van der Waals surface area contributed by atoms with Gasteiger partial charge in [-0.2, -0.15) is 0 Å². The van der Waals surface area contributed by atoms with Gasteiger partial charge in [-0.25, -0.2) is 4.79 Å². The highest BCUT2D eigenvalue weighted by atomic mass is 16.4. The molecule has 0 aliphatic carbocycles. The Bertz CT molecular complexity index is 480. The Balaban J connectivity index is 2.76. The number of carbonyl (C=O) groups is 4. The minimum atomic E-state index is -1.30.